The number of benzene rings is 2. The number of para-hydroxylation sites is 2. The number of aromatic amines is 1. The molecule has 0 atom stereocenters. The van der Waals surface area contributed by atoms with Crippen molar-refractivity contribution < 1.29 is 9.47 Å². The predicted octanol–water partition coefficient (Wildman–Crippen LogP) is 3.93. The second-order valence-corrected chi connectivity index (χ2v) is 6.90. The lowest BCUT2D eigenvalue weighted by Crippen LogP contribution is -2.38. The zero-order valence-corrected chi connectivity index (χ0v) is 20.7. The standard InChI is InChI=1S/C23H31N5O2.HI/c1-4-30-21-16-17(11-12-20(21)29-3)8-7-14-25-23(24-2)26-15-13-22-27-18-9-5-6-10-19(18)28-22;/h5-6,9-12,16H,4,7-8,13-15H2,1-3H3,(H,27,28)(H2,24,25,26);1H. The number of halogens is 1. The molecule has 3 N–H and O–H groups in total. The number of nitrogens with zero attached hydrogens (tertiary/aromatic N) is 2. The van der Waals surface area contributed by atoms with E-state index in [1.165, 1.54) is 5.56 Å². The monoisotopic (exact) mass is 537 g/mol. The van der Waals surface area contributed by atoms with Crippen LogP contribution in [-0.2, 0) is 12.8 Å². The number of nitrogens with one attached hydrogen (secondary N) is 3. The molecule has 3 rings (SSSR count). The van der Waals surface area contributed by atoms with Gasteiger partial charge in [0.1, 0.15) is 5.82 Å². The number of rotatable bonds is 10. The number of aromatic nitrogens is 2. The minimum atomic E-state index is 0. The molecule has 8 heteroatoms. The molecule has 3 aromatic rings. The molecule has 0 saturated carbocycles. The van der Waals surface area contributed by atoms with Crippen LogP contribution in [0.4, 0.5) is 0 Å². The largest absolute Gasteiger partial charge is 0.493 e. The van der Waals surface area contributed by atoms with Gasteiger partial charge in [0, 0.05) is 26.6 Å². The molecule has 1 aromatic heterocycles. The molecule has 0 saturated heterocycles. The summed E-state index contributed by atoms with van der Waals surface area (Å²) in [6, 6.07) is 14.2. The molecule has 7 nitrogen and oxygen atoms in total. The number of methoxy groups -OCH3 is 1. The number of aryl methyl sites for hydroxylation is 1. The van der Waals surface area contributed by atoms with Crippen molar-refractivity contribution in [2.24, 2.45) is 4.99 Å². The van der Waals surface area contributed by atoms with Crippen LogP contribution >= 0.6 is 24.0 Å². The summed E-state index contributed by atoms with van der Waals surface area (Å²) in [5.41, 5.74) is 3.30. The Morgan fingerprint density at radius 1 is 1.06 bits per heavy atom. The fraction of sp³-hybridized carbons (Fsp3) is 0.391. The van der Waals surface area contributed by atoms with E-state index >= 15 is 0 Å². The maximum atomic E-state index is 5.65. The molecule has 168 valence electrons. The van der Waals surface area contributed by atoms with Crippen LogP contribution in [0.25, 0.3) is 11.0 Å². The minimum absolute atomic E-state index is 0. The third kappa shape index (κ3) is 7.30. The number of hydrogen-bond acceptors (Lipinski definition) is 4. The Labute approximate surface area is 201 Å². The van der Waals surface area contributed by atoms with Crippen LogP contribution in [0.2, 0.25) is 0 Å². The van der Waals surface area contributed by atoms with E-state index in [1.54, 1.807) is 14.2 Å². The Morgan fingerprint density at radius 3 is 2.61 bits per heavy atom. The van der Waals surface area contributed by atoms with Crippen molar-refractivity contribution in [2.75, 3.05) is 33.9 Å². The summed E-state index contributed by atoms with van der Waals surface area (Å²) >= 11 is 0. The van der Waals surface area contributed by atoms with Gasteiger partial charge in [-0.05, 0) is 49.6 Å². The summed E-state index contributed by atoms with van der Waals surface area (Å²) in [4.78, 5) is 12.2. The highest BCUT2D eigenvalue weighted by molar-refractivity contribution is 14.0. The normalized spacial score (nSPS) is 11.1. The van der Waals surface area contributed by atoms with Crippen molar-refractivity contribution in [3.63, 3.8) is 0 Å². The van der Waals surface area contributed by atoms with E-state index < -0.39 is 0 Å². The molecule has 0 spiro atoms. The van der Waals surface area contributed by atoms with E-state index in [4.69, 9.17) is 9.47 Å². The van der Waals surface area contributed by atoms with Crippen molar-refractivity contribution in [1.29, 1.82) is 0 Å². The average Bonchev–Trinajstić information content (AvgIpc) is 3.18. The maximum Gasteiger partial charge on any atom is 0.190 e. The molecule has 2 aromatic carbocycles. The number of imidazole rings is 1. The summed E-state index contributed by atoms with van der Waals surface area (Å²) < 4.78 is 11.0. The van der Waals surface area contributed by atoms with Gasteiger partial charge >= 0.3 is 0 Å². The molecular formula is C23H32IN5O2. The van der Waals surface area contributed by atoms with Gasteiger partial charge in [0.15, 0.2) is 17.5 Å². The summed E-state index contributed by atoms with van der Waals surface area (Å²) in [7, 11) is 3.45. The van der Waals surface area contributed by atoms with Gasteiger partial charge in [-0.15, -0.1) is 24.0 Å². The number of hydrogen-bond donors (Lipinski definition) is 3. The zero-order chi connectivity index (χ0) is 21.2. The molecule has 0 bridgehead atoms. The van der Waals surface area contributed by atoms with Gasteiger partial charge in [-0.3, -0.25) is 4.99 Å². The van der Waals surface area contributed by atoms with Crippen LogP contribution in [0.5, 0.6) is 11.5 Å². The first-order chi connectivity index (χ1) is 14.7. The molecule has 0 amide bonds. The third-order valence-electron chi connectivity index (χ3n) is 4.78. The molecule has 0 fully saturated rings. The van der Waals surface area contributed by atoms with E-state index in [0.29, 0.717) is 6.61 Å². The van der Waals surface area contributed by atoms with Gasteiger partial charge < -0.3 is 25.1 Å². The molecular weight excluding hydrogens is 505 g/mol. The van der Waals surface area contributed by atoms with Crippen LogP contribution in [0.3, 0.4) is 0 Å². The number of aliphatic imine (C=N–C) groups is 1. The summed E-state index contributed by atoms with van der Waals surface area (Å²) in [5, 5.41) is 6.71. The van der Waals surface area contributed by atoms with Gasteiger partial charge in [0.05, 0.1) is 24.8 Å². The van der Waals surface area contributed by atoms with Gasteiger partial charge in [-0.25, -0.2) is 4.98 Å². The van der Waals surface area contributed by atoms with Crippen molar-refractivity contribution in [1.82, 2.24) is 20.6 Å². The fourth-order valence-corrected chi connectivity index (χ4v) is 3.29. The van der Waals surface area contributed by atoms with Crippen molar-refractivity contribution >= 4 is 41.0 Å². The topological polar surface area (TPSA) is 83.6 Å². The predicted molar refractivity (Wildman–Crippen MR) is 137 cm³/mol. The van der Waals surface area contributed by atoms with E-state index in [2.05, 4.69) is 37.7 Å². The lowest BCUT2D eigenvalue weighted by molar-refractivity contribution is 0.310. The first kappa shape index (κ1) is 24.8. The second-order valence-electron chi connectivity index (χ2n) is 6.90. The van der Waals surface area contributed by atoms with E-state index in [1.807, 2.05) is 37.3 Å². The number of fused-ring (bicyclic) bond motifs is 1. The van der Waals surface area contributed by atoms with Gasteiger partial charge in [-0.2, -0.15) is 0 Å². The highest BCUT2D eigenvalue weighted by Gasteiger charge is 2.06. The minimum Gasteiger partial charge on any atom is -0.493 e. The van der Waals surface area contributed by atoms with Crippen LogP contribution in [-0.4, -0.2) is 49.8 Å². The Kier molecular flexibility index (Phi) is 10.4. The third-order valence-corrected chi connectivity index (χ3v) is 4.78. The molecule has 31 heavy (non-hydrogen) atoms. The Balaban J connectivity index is 0.00000341. The van der Waals surface area contributed by atoms with Crippen LogP contribution < -0.4 is 20.1 Å². The SMILES string of the molecule is CCOc1cc(CCCNC(=NC)NCCc2nc3ccccc3[nH]2)ccc1OC.I. The lowest BCUT2D eigenvalue weighted by Gasteiger charge is -2.13. The van der Waals surface area contributed by atoms with E-state index in [-0.39, 0.29) is 24.0 Å². The van der Waals surface area contributed by atoms with Crippen LogP contribution in [0, 0.1) is 0 Å². The van der Waals surface area contributed by atoms with Crippen molar-refractivity contribution in [3.8, 4) is 11.5 Å². The van der Waals surface area contributed by atoms with Crippen LogP contribution in [0.15, 0.2) is 47.5 Å². The van der Waals surface area contributed by atoms with Gasteiger partial charge in [-0.1, -0.05) is 18.2 Å². The first-order valence-electron chi connectivity index (χ1n) is 10.4. The second kappa shape index (κ2) is 13.0. The summed E-state index contributed by atoms with van der Waals surface area (Å²) in [6.07, 6.45) is 2.75. The Hall–Kier alpha value is -2.49. The number of ether oxygens (including phenoxy) is 2. The first-order valence-corrected chi connectivity index (χ1v) is 10.4. The molecule has 0 aliphatic heterocycles. The number of guanidine groups is 1. The average molecular weight is 537 g/mol. The maximum absolute atomic E-state index is 5.65. The molecule has 0 unspecified atom stereocenters. The highest BCUT2D eigenvalue weighted by atomic mass is 127. The van der Waals surface area contributed by atoms with E-state index in [9.17, 15) is 0 Å². The number of H-pyrrole nitrogens is 1. The highest BCUT2D eigenvalue weighted by Crippen LogP contribution is 2.28. The summed E-state index contributed by atoms with van der Waals surface area (Å²) in [6.45, 7) is 4.19. The quantitative estimate of drug-likeness (QED) is 0.158. The molecule has 1 heterocycles. The van der Waals surface area contributed by atoms with Gasteiger partial charge in [0.25, 0.3) is 0 Å². The lowest BCUT2D eigenvalue weighted by atomic mass is 10.1. The summed E-state index contributed by atoms with van der Waals surface area (Å²) in [5.74, 6) is 3.35. The molecule has 0 aliphatic carbocycles. The molecule has 0 aliphatic rings. The zero-order valence-electron chi connectivity index (χ0n) is 18.4. The smallest absolute Gasteiger partial charge is 0.190 e. The molecule has 0 radical (unpaired) electrons. The van der Waals surface area contributed by atoms with Gasteiger partial charge in [0.2, 0.25) is 0 Å². The van der Waals surface area contributed by atoms with E-state index in [0.717, 1.165) is 66.7 Å². The van der Waals surface area contributed by atoms with Crippen molar-refractivity contribution in [2.45, 2.75) is 26.2 Å². The fourth-order valence-electron chi connectivity index (χ4n) is 3.29. The van der Waals surface area contributed by atoms with Crippen molar-refractivity contribution in [3.05, 3.63) is 53.9 Å². The Bertz CT molecular complexity index is 941. The Morgan fingerprint density at radius 2 is 1.87 bits per heavy atom. The van der Waals surface area contributed by atoms with Crippen LogP contribution in [0.1, 0.15) is 24.7 Å².